The summed E-state index contributed by atoms with van der Waals surface area (Å²) in [5.74, 6) is 1.19. The van der Waals surface area contributed by atoms with Crippen molar-refractivity contribution in [1.29, 1.82) is 0 Å². The molecule has 2 aromatic carbocycles. The maximum absolute atomic E-state index is 6.20. The molecular formula is C20H21Cl2N3O2S. The molecule has 0 bridgehead atoms. The third kappa shape index (κ3) is 6.71. The van der Waals surface area contributed by atoms with Crippen molar-refractivity contribution < 1.29 is 9.47 Å². The molecule has 0 aromatic heterocycles. The third-order valence-electron chi connectivity index (χ3n) is 3.49. The molecule has 0 saturated heterocycles. The average Bonchev–Trinajstić information content (AvgIpc) is 2.67. The molecule has 0 aliphatic carbocycles. The molecule has 8 heteroatoms. The molecule has 148 valence electrons. The molecule has 0 heterocycles. The minimum Gasteiger partial charge on any atom is -0.490 e. The molecule has 2 aromatic rings. The lowest BCUT2D eigenvalue weighted by Crippen LogP contribution is -2.31. The second-order valence-corrected chi connectivity index (χ2v) is 6.72. The molecule has 0 spiro atoms. The second kappa shape index (κ2) is 11.5. The largest absolute Gasteiger partial charge is 0.490 e. The summed E-state index contributed by atoms with van der Waals surface area (Å²) in [7, 11) is 0. The topological polar surface area (TPSA) is 54.9 Å². The lowest BCUT2D eigenvalue weighted by Gasteiger charge is -2.14. The number of ether oxygens (including phenoxy) is 2. The average molecular weight is 438 g/mol. The molecule has 5 nitrogen and oxygen atoms in total. The number of nitrogens with one attached hydrogen (secondary N) is 2. The highest BCUT2D eigenvalue weighted by molar-refractivity contribution is 7.80. The zero-order valence-electron chi connectivity index (χ0n) is 15.4. The summed E-state index contributed by atoms with van der Waals surface area (Å²) in [6.07, 6.45) is 3.35. The Bertz CT molecular complexity index is 839. The Labute approximate surface area is 180 Å². The van der Waals surface area contributed by atoms with E-state index in [0.717, 1.165) is 11.1 Å². The molecule has 0 fully saturated rings. The number of thiocarbonyl (C=S) groups is 1. The van der Waals surface area contributed by atoms with Gasteiger partial charge in [-0.05, 0) is 55.0 Å². The third-order valence-corrected chi connectivity index (χ3v) is 4.43. The summed E-state index contributed by atoms with van der Waals surface area (Å²) < 4.78 is 11.6. The van der Waals surface area contributed by atoms with Gasteiger partial charge in [0, 0.05) is 22.2 Å². The lowest BCUT2D eigenvalue weighted by molar-refractivity contribution is 0.269. The summed E-state index contributed by atoms with van der Waals surface area (Å²) >= 11 is 17.5. The van der Waals surface area contributed by atoms with E-state index in [2.05, 4.69) is 22.4 Å². The lowest BCUT2D eigenvalue weighted by atomic mass is 10.2. The van der Waals surface area contributed by atoms with Crippen LogP contribution in [0, 0.1) is 0 Å². The predicted octanol–water partition coefficient (Wildman–Crippen LogP) is 4.96. The first kappa shape index (κ1) is 22.0. The Morgan fingerprint density at radius 2 is 1.93 bits per heavy atom. The summed E-state index contributed by atoms with van der Waals surface area (Å²) in [6, 6.07) is 10.8. The van der Waals surface area contributed by atoms with Gasteiger partial charge in [-0.2, -0.15) is 5.10 Å². The Morgan fingerprint density at radius 1 is 1.18 bits per heavy atom. The maximum atomic E-state index is 6.20. The van der Waals surface area contributed by atoms with Crippen molar-refractivity contribution in [3.63, 3.8) is 0 Å². The zero-order valence-corrected chi connectivity index (χ0v) is 17.7. The monoisotopic (exact) mass is 437 g/mol. The Kier molecular flexibility index (Phi) is 9.07. The van der Waals surface area contributed by atoms with Crippen LogP contribution in [0.4, 0.5) is 0 Å². The molecule has 2 rings (SSSR count). The quantitative estimate of drug-likeness (QED) is 0.251. The SMILES string of the molecule is C=CCNC(=S)N/N=C\c1ccc(OCc2c(Cl)cccc2Cl)c(OCC)c1. The summed E-state index contributed by atoms with van der Waals surface area (Å²) in [6.45, 7) is 6.81. The van der Waals surface area contributed by atoms with Gasteiger partial charge in [0.15, 0.2) is 16.6 Å². The minimum absolute atomic E-state index is 0.233. The number of hydrazone groups is 1. The summed E-state index contributed by atoms with van der Waals surface area (Å²) in [4.78, 5) is 0. The number of nitrogens with zero attached hydrogens (tertiary/aromatic N) is 1. The highest BCUT2D eigenvalue weighted by Crippen LogP contribution is 2.31. The van der Waals surface area contributed by atoms with Crippen LogP contribution in [0.2, 0.25) is 10.0 Å². The van der Waals surface area contributed by atoms with E-state index < -0.39 is 0 Å². The molecule has 2 N–H and O–H groups in total. The predicted molar refractivity (Wildman–Crippen MR) is 120 cm³/mol. The molecule has 0 aliphatic heterocycles. The van der Waals surface area contributed by atoms with Gasteiger partial charge in [0.05, 0.1) is 12.8 Å². The van der Waals surface area contributed by atoms with E-state index in [4.69, 9.17) is 44.9 Å². The first-order valence-corrected chi connectivity index (χ1v) is 9.72. The van der Waals surface area contributed by atoms with Crippen molar-refractivity contribution in [2.45, 2.75) is 13.5 Å². The zero-order chi connectivity index (χ0) is 20.4. The summed E-state index contributed by atoms with van der Waals surface area (Å²) in [5.41, 5.74) is 4.28. The molecule has 0 amide bonds. The van der Waals surface area contributed by atoms with E-state index in [9.17, 15) is 0 Å². The minimum atomic E-state index is 0.233. The van der Waals surface area contributed by atoms with E-state index >= 15 is 0 Å². The van der Waals surface area contributed by atoms with E-state index in [1.165, 1.54) is 0 Å². The van der Waals surface area contributed by atoms with Crippen LogP contribution in [-0.2, 0) is 6.61 Å². The number of hydrogen-bond donors (Lipinski definition) is 2. The van der Waals surface area contributed by atoms with E-state index in [0.29, 0.717) is 39.8 Å². The van der Waals surface area contributed by atoms with Crippen LogP contribution in [0.3, 0.4) is 0 Å². The van der Waals surface area contributed by atoms with Crippen molar-refractivity contribution in [3.05, 3.63) is 70.2 Å². The fraction of sp³-hybridized carbons (Fsp3) is 0.200. The molecule has 28 heavy (non-hydrogen) atoms. The first-order chi connectivity index (χ1) is 13.5. The number of benzene rings is 2. The number of rotatable bonds is 9. The van der Waals surface area contributed by atoms with E-state index in [-0.39, 0.29) is 6.61 Å². The van der Waals surface area contributed by atoms with Gasteiger partial charge in [-0.1, -0.05) is 35.3 Å². The van der Waals surface area contributed by atoms with Crippen LogP contribution in [0.5, 0.6) is 11.5 Å². The van der Waals surface area contributed by atoms with Crippen LogP contribution < -0.4 is 20.2 Å². The normalized spacial score (nSPS) is 10.5. The van der Waals surface area contributed by atoms with Gasteiger partial charge in [-0.15, -0.1) is 6.58 Å². The second-order valence-electron chi connectivity index (χ2n) is 5.50. The van der Waals surface area contributed by atoms with Gasteiger partial charge in [0.25, 0.3) is 0 Å². The van der Waals surface area contributed by atoms with E-state index in [1.807, 2.05) is 25.1 Å². The Hall–Kier alpha value is -2.28. The van der Waals surface area contributed by atoms with Gasteiger partial charge in [-0.25, -0.2) is 0 Å². The van der Waals surface area contributed by atoms with Gasteiger partial charge in [-0.3, -0.25) is 5.43 Å². The highest BCUT2D eigenvalue weighted by atomic mass is 35.5. The van der Waals surface area contributed by atoms with E-state index in [1.54, 1.807) is 30.5 Å². The highest BCUT2D eigenvalue weighted by Gasteiger charge is 2.10. The van der Waals surface area contributed by atoms with Gasteiger partial charge in [0.1, 0.15) is 6.61 Å². The van der Waals surface area contributed by atoms with Gasteiger partial charge >= 0.3 is 0 Å². The van der Waals surface area contributed by atoms with Gasteiger partial charge in [0.2, 0.25) is 0 Å². The first-order valence-electron chi connectivity index (χ1n) is 8.55. The molecule has 0 atom stereocenters. The van der Waals surface area contributed by atoms with Crippen molar-refractivity contribution in [3.8, 4) is 11.5 Å². The Morgan fingerprint density at radius 3 is 2.61 bits per heavy atom. The van der Waals surface area contributed by atoms with Crippen molar-refractivity contribution in [1.82, 2.24) is 10.7 Å². The Balaban J connectivity index is 2.07. The fourth-order valence-corrected chi connectivity index (χ4v) is 2.83. The number of hydrogen-bond acceptors (Lipinski definition) is 4. The van der Waals surface area contributed by atoms with Crippen LogP contribution >= 0.6 is 35.4 Å². The van der Waals surface area contributed by atoms with Crippen LogP contribution in [-0.4, -0.2) is 24.5 Å². The molecule has 0 aliphatic rings. The van der Waals surface area contributed by atoms with Gasteiger partial charge < -0.3 is 14.8 Å². The van der Waals surface area contributed by atoms with Crippen LogP contribution in [0.25, 0.3) is 0 Å². The van der Waals surface area contributed by atoms with Crippen LogP contribution in [0.15, 0.2) is 54.2 Å². The molecule has 0 saturated carbocycles. The summed E-state index contributed by atoms with van der Waals surface area (Å²) in [5, 5.41) is 8.55. The molecular weight excluding hydrogens is 417 g/mol. The standard InChI is InChI=1S/C20H21Cl2N3O2S/c1-3-10-23-20(28)25-24-12-14-8-9-18(19(11-14)26-4-2)27-13-15-16(21)6-5-7-17(15)22/h3,5-9,11-12H,1,4,10,13H2,2H3,(H2,23,25,28)/b24-12-. The molecule has 0 radical (unpaired) electrons. The fourth-order valence-electron chi connectivity index (χ4n) is 2.18. The maximum Gasteiger partial charge on any atom is 0.187 e. The molecule has 0 unspecified atom stereocenters. The smallest absolute Gasteiger partial charge is 0.187 e. The number of halogens is 2. The van der Waals surface area contributed by atoms with Crippen molar-refractivity contribution in [2.75, 3.05) is 13.2 Å². The van der Waals surface area contributed by atoms with Crippen molar-refractivity contribution >= 4 is 46.7 Å². The van der Waals surface area contributed by atoms with Crippen LogP contribution in [0.1, 0.15) is 18.1 Å². The van der Waals surface area contributed by atoms with Crippen molar-refractivity contribution in [2.24, 2.45) is 5.10 Å².